The Hall–Kier alpha value is -0.870. The SMILES string of the molecule is CCc1c(Cl)ncnc1NCCCCCOC. The number of nitrogens with one attached hydrogen (secondary N) is 1. The van der Waals surface area contributed by atoms with Crippen LogP contribution in [0.4, 0.5) is 5.82 Å². The normalized spacial score (nSPS) is 10.5. The van der Waals surface area contributed by atoms with E-state index in [1.54, 1.807) is 7.11 Å². The number of hydrogen-bond donors (Lipinski definition) is 1. The van der Waals surface area contributed by atoms with Crippen molar-refractivity contribution in [3.63, 3.8) is 0 Å². The summed E-state index contributed by atoms with van der Waals surface area (Å²) in [6, 6.07) is 0. The van der Waals surface area contributed by atoms with Crippen LogP contribution in [-0.2, 0) is 11.2 Å². The van der Waals surface area contributed by atoms with Crippen molar-refractivity contribution in [2.75, 3.05) is 25.6 Å². The van der Waals surface area contributed by atoms with Crippen LogP contribution in [0.3, 0.4) is 0 Å². The lowest BCUT2D eigenvalue weighted by Crippen LogP contribution is -2.07. The van der Waals surface area contributed by atoms with E-state index < -0.39 is 0 Å². The van der Waals surface area contributed by atoms with Gasteiger partial charge >= 0.3 is 0 Å². The van der Waals surface area contributed by atoms with Crippen molar-refractivity contribution in [3.8, 4) is 0 Å². The molecule has 0 spiro atoms. The number of rotatable bonds is 8. The summed E-state index contributed by atoms with van der Waals surface area (Å²) in [6.45, 7) is 3.79. The van der Waals surface area contributed by atoms with Gasteiger partial charge in [0.25, 0.3) is 0 Å². The molecule has 0 aliphatic heterocycles. The molecule has 1 rings (SSSR count). The van der Waals surface area contributed by atoms with E-state index in [1.807, 2.05) is 6.92 Å². The Morgan fingerprint density at radius 2 is 2.12 bits per heavy atom. The van der Waals surface area contributed by atoms with Crippen LogP contribution in [0, 0.1) is 0 Å². The Bertz CT molecular complexity index is 334. The minimum Gasteiger partial charge on any atom is -0.385 e. The molecule has 4 nitrogen and oxygen atoms in total. The maximum Gasteiger partial charge on any atom is 0.137 e. The second-order valence-corrected chi connectivity index (χ2v) is 4.18. The summed E-state index contributed by atoms with van der Waals surface area (Å²) >= 11 is 6.00. The second kappa shape index (κ2) is 8.25. The van der Waals surface area contributed by atoms with Gasteiger partial charge in [-0.1, -0.05) is 18.5 Å². The molecular formula is C12H20ClN3O. The minimum absolute atomic E-state index is 0.546. The predicted molar refractivity (Wildman–Crippen MR) is 70.6 cm³/mol. The molecule has 0 bridgehead atoms. The van der Waals surface area contributed by atoms with Gasteiger partial charge in [0, 0.05) is 25.8 Å². The maximum absolute atomic E-state index is 6.00. The van der Waals surface area contributed by atoms with E-state index in [0.717, 1.165) is 50.2 Å². The molecule has 96 valence electrons. The third kappa shape index (κ3) is 4.88. The number of ether oxygens (including phenoxy) is 1. The average Bonchev–Trinajstić information content (AvgIpc) is 2.34. The van der Waals surface area contributed by atoms with Crippen molar-refractivity contribution in [2.24, 2.45) is 0 Å². The second-order valence-electron chi connectivity index (χ2n) is 3.83. The quantitative estimate of drug-likeness (QED) is 0.575. The van der Waals surface area contributed by atoms with Gasteiger partial charge in [-0.25, -0.2) is 9.97 Å². The summed E-state index contributed by atoms with van der Waals surface area (Å²) in [6.07, 6.45) is 5.69. The first-order chi connectivity index (χ1) is 8.29. The highest BCUT2D eigenvalue weighted by Gasteiger charge is 2.06. The smallest absolute Gasteiger partial charge is 0.137 e. The standard InChI is InChI=1S/C12H20ClN3O/c1-3-10-11(13)15-9-16-12(10)14-7-5-4-6-8-17-2/h9H,3-8H2,1-2H3,(H,14,15,16). The van der Waals surface area contributed by atoms with E-state index in [0.29, 0.717) is 5.15 Å². The first kappa shape index (κ1) is 14.2. The van der Waals surface area contributed by atoms with Crippen molar-refractivity contribution in [3.05, 3.63) is 17.0 Å². The molecule has 0 aliphatic carbocycles. The van der Waals surface area contributed by atoms with Crippen LogP contribution in [0.2, 0.25) is 5.15 Å². The lowest BCUT2D eigenvalue weighted by Gasteiger charge is -2.10. The molecule has 0 saturated heterocycles. The number of anilines is 1. The van der Waals surface area contributed by atoms with Gasteiger partial charge in [-0.3, -0.25) is 0 Å². The van der Waals surface area contributed by atoms with E-state index in [2.05, 4.69) is 15.3 Å². The Balaban J connectivity index is 2.33. The summed E-state index contributed by atoms with van der Waals surface area (Å²) in [5.41, 5.74) is 0.992. The molecule has 1 aromatic heterocycles. The van der Waals surface area contributed by atoms with Crippen LogP contribution in [0.25, 0.3) is 0 Å². The zero-order valence-electron chi connectivity index (χ0n) is 10.5. The number of halogens is 1. The van der Waals surface area contributed by atoms with Gasteiger partial charge in [-0.2, -0.15) is 0 Å². The number of aromatic nitrogens is 2. The highest BCUT2D eigenvalue weighted by molar-refractivity contribution is 6.30. The first-order valence-corrected chi connectivity index (χ1v) is 6.39. The van der Waals surface area contributed by atoms with Crippen molar-refractivity contribution in [1.82, 2.24) is 9.97 Å². The van der Waals surface area contributed by atoms with Gasteiger partial charge in [0.05, 0.1) is 0 Å². The van der Waals surface area contributed by atoms with E-state index in [1.165, 1.54) is 6.33 Å². The highest BCUT2D eigenvalue weighted by atomic mass is 35.5. The van der Waals surface area contributed by atoms with Gasteiger partial charge in [-0.05, 0) is 25.7 Å². The molecular weight excluding hydrogens is 238 g/mol. The lowest BCUT2D eigenvalue weighted by atomic mass is 10.2. The summed E-state index contributed by atoms with van der Waals surface area (Å²) in [5, 5.41) is 3.85. The monoisotopic (exact) mass is 257 g/mol. The third-order valence-corrected chi connectivity index (χ3v) is 2.89. The molecule has 1 heterocycles. The molecule has 0 atom stereocenters. The van der Waals surface area contributed by atoms with Gasteiger partial charge in [0.15, 0.2) is 0 Å². The molecule has 1 N–H and O–H groups in total. The third-order valence-electron chi connectivity index (χ3n) is 2.56. The lowest BCUT2D eigenvalue weighted by molar-refractivity contribution is 0.192. The summed E-state index contributed by atoms with van der Waals surface area (Å²) < 4.78 is 5.00. The Kier molecular flexibility index (Phi) is 6.89. The molecule has 17 heavy (non-hydrogen) atoms. The largest absolute Gasteiger partial charge is 0.385 e. The van der Waals surface area contributed by atoms with Crippen molar-refractivity contribution < 1.29 is 4.74 Å². The molecule has 0 unspecified atom stereocenters. The van der Waals surface area contributed by atoms with E-state index >= 15 is 0 Å². The average molecular weight is 258 g/mol. The molecule has 0 radical (unpaired) electrons. The molecule has 0 fully saturated rings. The molecule has 0 aliphatic rings. The van der Waals surface area contributed by atoms with E-state index in [4.69, 9.17) is 16.3 Å². The van der Waals surface area contributed by atoms with Crippen molar-refractivity contribution in [1.29, 1.82) is 0 Å². The molecule has 5 heteroatoms. The van der Waals surface area contributed by atoms with Crippen LogP contribution in [-0.4, -0.2) is 30.2 Å². The van der Waals surface area contributed by atoms with Gasteiger partial charge in [0.1, 0.15) is 17.3 Å². The fourth-order valence-corrected chi connectivity index (χ4v) is 1.88. The minimum atomic E-state index is 0.546. The van der Waals surface area contributed by atoms with Crippen molar-refractivity contribution in [2.45, 2.75) is 32.6 Å². The molecule has 0 saturated carbocycles. The fourth-order valence-electron chi connectivity index (χ4n) is 1.61. The Morgan fingerprint density at radius 1 is 1.29 bits per heavy atom. The topological polar surface area (TPSA) is 47.0 Å². The first-order valence-electron chi connectivity index (χ1n) is 6.01. The van der Waals surface area contributed by atoms with Crippen LogP contribution in [0.5, 0.6) is 0 Å². The number of methoxy groups -OCH3 is 1. The Morgan fingerprint density at radius 3 is 2.82 bits per heavy atom. The van der Waals surface area contributed by atoms with Gasteiger partial charge in [0.2, 0.25) is 0 Å². The van der Waals surface area contributed by atoms with Gasteiger partial charge in [-0.15, -0.1) is 0 Å². The summed E-state index contributed by atoms with van der Waals surface area (Å²) in [5.74, 6) is 0.860. The van der Waals surface area contributed by atoms with Crippen LogP contribution < -0.4 is 5.32 Å². The van der Waals surface area contributed by atoms with E-state index in [9.17, 15) is 0 Å². The zero-order chi connectivity index (χ0) is 12.5. The fraction of sp³-hybridized carbons (Fsp3) is 0.667. The van der Waals surface area contributed by atoms with Crippen LogP contribution >= 0.6 is 11.6 Å². The molecule has 0 amide bonds. The Labute approximate surface area is 108 Å². The highest BCUT2D eigenvalue weighted by Crippen LogP contribution is 2.19. The zero-order valence-corrected chi connectivity index (χ0v) is 11.3. The maximum atomic E-state index is 6.00. The van der Waals surface area contributed by atoms with Crippen molar-refractivity contribution >= 4 is 17.4 Å². The predicted octanol–water partition coefficient (Wildman–Crippen LogP) is 2.92. The number of unbranched alkanes of at least 4 members (excludes halogenated alkanes) is 2. The number of nitrogens with zero attached hydrogens (tertiary/aromatic N) is 2. The van der Waals surface area contributed by atoms with Crippen LogP contribution in [0.1, 0.15) is 31.7 Å². The molecule has 0 aromatic carbocycles. The molecule has 1 aromatic rings. The summed E-state index contributed by atoms with van der Waals surface area (Å²) in [7, 11) is 1.73. The van der Waals surface area contributed by atoms with Crippen LogP contribution in [0.15, 0.2) is 6.33 Å². The van der Waals surface area contributed by atoms with E-state index in [-0.39, 0.29) is 0 Å². The number of hydrogen-bond acceptors (Lipinski definition) is 4. The van der Waals surface area contributed by atoms with Gasteiger partial charge < -0.3 is 10.1 Å². The summed E-state index contributed by atoms with van der Waals surface area (Å²) in [4.78, 5) is 8.19.